The number of piperidine rings is 1. The number of rotatable bonds is 3. The van der Waals surface area contributed by atoms with E-state index in [2.05, 4.69) is 15.3 Å². The van der Waals surface area contributed by atoms with Crippen LogP contribution in [0.4, 0.5) is 0 Å². The van der Waals surface area contributed by atoms with Gasteiger partial charge in [-0.3, -0.25) is 14.4 Å². The molecule has 6 nitrogen and oxygen atoms in total. The third-order valence-corrected chi connectivity index (χ3v) is 4.75. The summed E-state index contributed by atoms with van der Waals surface area (Å²) in [6.45, 7) is 4.97. The molecule has 0 saturated carbocycles. The number of aryl methyl sites for hydroxylation is 1. The first-order valence-electron chi connectivity index (χ1n) is 7.54. The highest BCUT2D eigenvalue weighted by Crippen LogP contribution is 2.21. The van der Waals surface area contributed by atoms with Crippen molar-refractivity contribution in [2.24, 2.45) is 7.05 Å². The van der Waals surface area contributed by atoms with Gasteiger partial charge in [-0.25, -0.2) is 0 Å². The van der Waals surface area contributed by atoms with Gasteiger partial charge >= 0.3 is 0 Å². The lowest BCUT2D eigenvalue weighted by Gasteiger charge is -2.41. The topological polar surface area (TPSA) is 53.4 Å². The number of nitrogens with one attached hydrogen (secondary N) is 1. The third-order valence-electron chi connectivity index (χ3n) is 4.43. The summed E-state index contributed by atoms with van der Waals surface area (Å²) in [4.78, 5) is 16.5. The Hall–Kier alpha value is -1.11. The fraction of sp³-hybridized carbons (Fsp3) is 0.714. The predicted molar refractivity (Wildman–Crippen MR) is 81.1 cm³/mol. The number of aromatic nitrogens is 2. The average Bonchev–Trinajstić information content (AvgIpc) is 2.80. The second-order valence-electron chi connectivity index (χ2n) is 5.86. The van der Waals surface area contributed by atoms with Crippen LogP contribution in [0.3, 0.4) is 0 Å². The molecule has 3 rings (SSSR count). The molecule has 1 aromatic heterocycles. The van der Waals surface area contributed by atoms with Crippen LogP contribution in [-0.2, 0) is 18.4 Å². The molecule has 1 N–H and O–H groups in total. The van der Waals surface area contributed by atoms with E-state index in [0.29, 0.717) is 12.6 Å². The maximum Gasteiger partial charge on any atom is 0.236 e. The smallest absolute Gasteiger partial charge is 0.236 e. The molecule has 21 heavy (non-hydrogen) atoms. The lowest BCUT2D eigenvalue weighted by Crippen LogP contribution is -2.56. The number of carbonyl (C=O) groups is 1. The van der Waals surface area contributed by atoms with Crippen LogP contribution in [0.2, 0.25) is 5.02 Å². The van der Waals surface area contributed by atoms with Gasteiger partial charge in [0.2, 0.25) is 5.91 Å². The molecular formula is C14H22ClN5O. The Kier molecular flexibility index (Phi) is 4.47. The number of hydrogen-bond donors (Lipinski definition) is 1. The number of amides is 1. The third kappa shape index (κ3) is 3.22. The van der Waals surface area contributed by atoms with Crippen LogP contribution in [-0.4, -0.2) is 64.3 Å². The van der Waals surface area contributed by atoms with Gasteiger partial charge in [-0.2, -0.15) is 5.10 Å². The normalized spacial score (nSPS) is 24.6. The van der Waals surface area contributed by atoms with Crippen molar-refractivity contribution in [3.8, 4) is 0 Å². The number of piperazine rings is 1. The van der Waals surface area contributed by atoms with E-state index < -0.39 is 0 Å². The summed E-state index contributed by atoms with van der Waals surface area (Å²) >= 11 is 6.19. The van der Waals surface area contributed by atoms with Crippen LogP contribution in [0.5, 0.6) is 0 Å². The maximum absolute atomic E-state index is 12.0. The van der Waals surface area contributed by atoms with Gasteiger partial charge in [0.15, 0.2) is 0 Å². The van der Waals surface area contributed by atoms with E-state index in [9.17, 15) is 4.79 Å². The minimum atomic E-state index is 0.228. The quantitative estimate of drug-likeness (QED) is 0.882. The SMILES string of the molecule is Cn1ncc(Cl)c1CN1CCCC(N2CCNCC2=O)C1. The van der Waals surface area contributed by atoms with Gasteiger partial charge in [0.1, 0.15) is 0 Å². The van der Waals surface area contributed by atoms with Gasteiger partial charge in [0.05, 0.1) is 23.5 Å². The number of hydrogen-bond acceptors (Lipinski definition) is 4. The second-order valence-corrected chi connectivity index (χ2v) is 6.27. The average molecular weight is 312 g/mol. The van der Waals surface area contributed by atoms with Crippen molar-refractivity contribution >= 4 is 17.5 Å². The molecule has 1 atom stereocenters. The van der Waals surface area contributed by atoms with Gasteiger partial charge in [-0.05, 0) is 19.4 Å². The van der Waals surface area contributed by atoms with Gasteiger partial charge in [-0.1, -0.05) is 11.6 Å². The summed E-state index contributed by atoms with van der Waals surface area (Å²) in [5.41, 5.74) is 1.05. The molecule has 1 amide bonds. The summed E-state index contributed by atoms with van der Waals surface area (Å²) in [5, 5.41) is 8.04. The van der Waals surface area contributed by atoms with E-state index in [1.807, 2.05) is 16.6 Å². The fourth-order valence-corrected chi connectivity index (χ4v) is 3.49. The van der Waals surface area contributed by atoms with E-state index in [-0.39, 0.29) is 5.91 Å². The monoisotopic (exact) mass is 311 g/mol. The molecule has 7 heteroatoms. The summed E-state index contributed by atoms with van der Waals surface area (Å²) < 4.78 is 1.84. The Morgan fingerprint density at radius 3 is 3.05 bits per heavy atom. The van der Waals surface area contributed by atoms with Gasteiger partial charge in [0.25, 0.3) is 0 Å². The molecule has 116 valence electrons. The molecule has 2 aliphatic heterocycles. The molecule has 2 aliphatic rings. The first-order chi connectivity index (χ1) is 10.1. The highest BCUT2D eigenvalue weighted by Gasteiger charge is 2.30. The Balaban J connectivity index is 1.64. The first kappa shape index (κ1) is 14.8. The van der Waals surface area contributed by atoms with Crippen molar-refractivity contribution < 1.29 is 4.79 Å². The number of likely N-dealkylation sites (tertiary alicyclic amines) is 1. The van der Waals surface area contributed by atoms with E-state index in [1.54, 1.807) is 6.20 Å². The molecular weight excluding hydrogens is 290 g/mol. The second kappa shape index (κ2) is 6.34. The zero-order valence-corrected chi connectivity index (χ0v) is 13.1. The molecule has 0 aliphatic carbocycles. The van der Waals surface area contributed by atoms with Crippen LogP contribution in [0.15, 0.2) is 6.20 Å². The maximum atomic E-state index is 12.0. The Labute approximate surface area is 130 Å². The van der Waals surface area contributed by atoms with Gasteiger partial charge in [-0.15, -0.1) is 0 Å². The van der Waals surface area contributed by atoms with Crippen LogP contribution in [0, 0.1) is 0 Å². The van der Waals surface area contributed by atoms with E-state index >= 15 is 0 Å². The van der Waals surface area contributed by atoms with Crippen molar-refractivity contribution in [1.82, 2.24) is 24.9 Å². The fourth-order valence-electron chi connectivity index (χ4n) is 3.26. The predicted octanol–water partition coefficient (Wildman–Crippen LogP) is 0.470. The molecule has 2 saturated heterocycles. The van der Waals surface area contributed by atoms with Crippen molar-refractivity contribution in [3.05, 3.63) is 16.9 Å². The molecule has 0 radical (unpaired) electrons. The van der Waals surface area contributed by atoms with Crippen LogP contribution < -0.4 is 5.32 Å². The molecule has 1 aromatic rings. The zero-order chi connectivity index (χ0) is 14.8. The zero-order valence-electron chi connectivity index (χ0n) is 12.4. The van der Waals surface area contributed by atoms with Crippen molar-refractivity contribution in [2.45, 2.75) is 25.4 Å². The number of halogens is 1. The lowest BCUT2D eigenvalue weighted by molar-refractivity contribution is -0.135. The van der Waals surface area contributed by atoms with Crippen molar-refractivity contribution in [3.63, 3.8) is 0 Å². The molecule has 3 heterocycles. The lowest BCUT2D eigenvalue weighted by atomic mass is 10.0. The molecule has 1 unspecified atom stereocenters. The molecule has 0 bridgehead atoms. The largest absolute Gasteiger partial charge is 0.336 e. The van der Waals surface area contributed by atoms with Gasteiger partial charge < -0.3 is 10.2 Å². The molecule has 0 aromatic carbocycles. The Bertz CT molecular complexity index is 498. The Morgan fingerprint density at radius 2 is 2.33 bits per heavy atom. The van der Waals surface area contributed by atoms with E-state index in [0.717, 1.165) is 56.3 Å². The highest BCUT2D eigenvalue weighted by molar-refractivity contribution is 6.31. The van der Waals surface area contributed by atoms with Crippen LogP contribution in [0.25, 0.3) is 0 Å². The number of nitrogens with zero attached hydrogens (tertiary/aromatic N) is 4. The Morgan fingerprint density at radius 1 is 1.48 bits per heavy atom. The van der Waals surface area contributed by atoms with Crippen LogP contribution >= 0.6 is 11.6 Å². The van der Waals surface area contributed by atoms with Gasteiger partial charge in [0, 0.05) is 39.3 Å². The summed E-state index contributed by atoms with van der Waals surface area (Å²) in [6, 6.07) is 0.334. The molecule has 2 fully saturated rings. The van der Waals surface area contributed by atoms with E-state index in [4.69, 9.17) is 11.6 Å². The van der Waals surface area contributed by atoms with E-state index in [1.165, 1.54) is 0 Å². The number of carbonyl (C=O) groups excluding carboxylic acids is 1. The first-order valence-corrected chi connectivity index (χ1v) is 7.92. The summed E-state index contributed by atoms with van der Waals surface area (Å²) in [7, 11) is 1.92. The van der Waals surface area contributed by atoms with Crippen LogP contribution in [0.1, 0.15) is 18.5 Å². The van der Waals surface area contributed by atoms with Crippen molar-refractivity contribution in [2.75, 3.05) is 32.7 Å². The standard InChI is InChI=1S/C14H22ClN5O/c1-18-13(12(15)7-17-18)10-19-5-2-3-11(9-19)20-6-4-16-8-14(20)21/h7,11,16H,2-6,8-10H2,1H3. The minimum Gasteiger partial charge on any atom is -0.336 e. The summed E-state index contributed by atoms with van der Waals surface area (Å²) in [6.07, 6.45) is 3.91. The molecule has 0 spiro atoms. The van der Waals surface area contributed by atoms with Crippen molar-refractivity contribution in [1.29, 1.82) is 0 Å². The minimum absolute atomic E-state index is 0.228. The highest BCUT2D eigenvalue weighted by atomic mass is 35.5. The summed E-state index contributed by atoms with van der Waals surface area (Å²) in [5.74, 6) is 0.228.